The van der Waals surface area contributed by atoms with Crippen LogP contribution >= 0.6 is 7.82 Å². The first kappa shape index (κ1) is 75.7. The van der Waals surface area contributed by atoms with Crippen LogP contribution in [-0.2, 0) is 18.4 Å². The molecular formula is C68H133N2O6P. The van der Waals surface area contributed by atoms with Crippen LogP contribution in [0.4, 0.5) is 0 Å². The minimum atomic E-state index is -4.61. The van der Waals surface area contributed by atoms with Crippen molar-refractivity contribution in [3.05, 3.63) is 36.5 Å². The summed E-state index contributed by atoms with van der Waals surface area (Å²) in [4.78, 5) is 25.6. The lowest BCUT2D eigenvalue weighted by Crippen LogP contribution is -2.45. The van der Waals surface area contributed by atoms with Crippen molar-refractivity contribution in [1.82, 2.24) is 5.32 Å². The van der Waals surface area contributed by atoms with Gasteiger partial charge in [0.05, 0.1) is 39.9 Å². The first-order valence-electron chi connectivity index (χ1n) is 33.9. The molecule has 0 radical (unpaired) electrons. The molecule has 0 aliphatic rings. The van der Waals surface area contributed by atoms with Crippen LogP contribution in [-0.4, -0.2) is 68.5 Å². The molecule has 0 aliphatic carbocycles. The number of phosphoric acid groups is 1. The molecule has 3 atom stereocenters. The van der Waals surface area contributed by atoms with E-state index < -0.39 is 20.0 Å². The average molecular weight is 1110 g/mol. The number of aliphatic hydroxyl groups excluding tert-OH is 1. The largest absolute Gasteiger partial charge is 0.756 e. The number of carbonyl (C=O) groups is 1. The normalized spacial score (nSPS) is 13.9. The first-order chi connectivity index (χ1) is 37.5. The van der Waals surface area contributed by atoms with Gasteiger partial charge in [-0.15, -0.1) is 0 Å². The lowest BCUT2D eigenvalue weighted by molar-refractivity contribution is -0.870. The first-order valence-corrected chi connectivity index (χ1v) is 35.3. The van der Waals surface area contributed by atoms with Gasteiger partial charge in [0.15, 0.2) is 0 Å². The molecule has 9 heteroatoms. The number of quaternary nitrogens is 1. The molecule has 0 rings (SSSR count). The molecular weight excluding hydrogens is 972 g/mol. The zero-order chi connectivity index (χ0) is 56.3. The van der Waals surface area contributed by atoms with E-state index >= 15 is 0 Å². The Morgan fingerprint density at radius 3 is 1.05 bits per heavy atom. The maximum absolute atomic E-state index is 13.0. The van der Waals surface area contributed by atoms with E-state index in [1.165, 1.54) is 283 Å². The maximum Gasteiger partial charge on any atom is 0.268 e. The van der Waals surface area contributed by atoms with Crippen LogP contribution in [0.25, 0.3) is 0 Å². The summed E-state index contributed by atoms with van der Waals surface area (Å²) in [6.45, 7) is 4.68. The fourth-order valence-corrected chi connectivity index (χ4v) is 11.0. The van der Waals surface area contributed by atoms with Crippen LogP contribution in [0, 0.1) is 0 Å². The van der Waals surface area contributed by atoms with Gasteiger partial charge < -0.3 is 28.8 Å². The van der Waals surface area contributed by atoms with Crippen molar-refractivity contribution in [2.45, 2.75) is 353 Å². The van der Waals surface area contributed by atoms with Crippen molar-refractivity contribution in [2.75, 3.05) is 40.9 Å². The number of hydrogen-bond acceptors (Lipinski definition) is 6. The monoisotopic (exact) mass is 1100 g/mol. The highest BCUT2D eigenvalue weighted by molar-refractivity contribution is 7.45. The number of phosphoric ester groups is 1. The number of allylic oxidation sites excluding steroid dienone is 5. The number of nitrogens with zero attached hydrogens (tertiary/aromatic N) is 1. The molecule has 3 unspecified atom stereocenters. The highest BCUT2D eigenvalue weighted by atomic mass is 31.2. The Labute approximate surface area is 480 Å². The number of unbranched alkanes of at least 4 members (excludes halogenated alkanes) is 46. The van der Waals surface area contributed by atoms with Gasteiger partial charge in [-0.3, -0.25) is 9.36 Å². The second kappa shape index (κ2) is 59.3. The molecule has 0 spiro atoms. The zero-order valence-corrected chi connectivity index (χ0v) is 53.1. The highest BCUT2D eigenvalue weighted by Crippen LogP contribution is 2.38. The Bertz CT molecular complexity index is 1350. The molecule has 1 amide bonds. The van der Waals surface area contributed by atoms with Crippen LogP contribution in [0.1, 0.15) is 341 Å². The molecule has 2 N–H and O–H groups in total. The van der Waals surface area contributed by atoms with Crippen LogP contribution in [0.2, 0.25) is 0 Å². The number of rotatable bonds is 63. The summed E-state index contributed by atoms with van der Waals surface area (Å²) in [6, 6.07) is -0.903. The summed E-state index contributed by atoms with van der Waals surface area (Å²) >= 11 is 0. The minimum absolute atomic E-state index is 0.00467. The van der Waals surface area contributed by atoms with E-state index in [4.69, 9.17) is 9.05 Å². The van der Waals surface area contributed by atoms with Crippen LogP contribution in [0.3, 0.4) is 0 Å². The summed E-state index contributed by atoms with van der Waals surface area (Å²) in [5.74, 6) is -0.201. The van der Waals surface area contributed by atoms with E-state index in [0.29, 0.717) is 17.4 Å². The van der Waals surface area contributed by atoms with Crippen LogP contribution in [0.5, 0.6) is 0 Å². The average Bonchev–Trinajstić information content (AvgIpc) is 3.39. The number of likely N-dealkylation sites (N-methyl/N-ethyl adjacent to an activating group) is 1. The van der Waals surface area contributed by atoms with Crippen molar-refractivity contribution >= 4 is 13.7 Å². The number of aliphatic hydroxyl groups is 1. The predicted molar refractivity (Wildman–Crippen MR) is 335 cm³/mol. The van der Waals surface area contributed by atoms with E-state index in [9.17, 15) is 19.4 Å². The molecule has 0 aromatic rings. The van der Waals surface area contributed by atoms with E-state index in [1.54, 1.807) is 6.08 Å². The SMILES string of the molecule is CCCCCCCCCC/C=C\CCCCCCCCCCCCCCCCCCCC(=O)NC(COP(=O)([O-])OCC[N+](C)(C)C)C(O)/C=C/CC/C=C/CCCCCCCCCCCCCCCCCCCCCC. The third-order valence-corrected chi connectivity index (χ3v) is 16.5. The Hall–Kier alpha value is -1.28. The van der Waals surface area contributed by atoms with Crippen molar-refractivity contribution in [1.29, 1.82) is 0 Å². The van der Waals surface area contributed by atoms with Crippen molar-refractivity contribution in [3.63, 3.8) is 0 Å². The second-order valence-electron chi connectivity index (χ2n) is 24.5. The summed E-state index contributed by atoms with van der Waals surface area (Å²) in [6.07, 6.45) is 78.4. The van der Waals surface area contributed by atoms with Gasteiger partial charge in [-0.25, -0.2) is 0 Å². The van der Waals surface area contributed by atoms with Gasteiger partial charge >= 0.3 is 0 Å². The van der Waals surface area contributed by atoms with Gasteiger partial charge in [0.25, 0.3) is 7.82 Å². The predicted octanol–water partition coefficient (Wildman–Crippen LogP) is 20.6. The van der Waals surface area contributed by atoms with Crippen molar-refractivity contribution < 1.29 is 32.9 Å². The van der Waals surface area contributed by atoms with Gasteiger partial charge in [0.2, 0.25) is 5.91 Å². The minimum Gasteiger partial charge on any atom is -0.756 e. The van der Waals surface area contributed by atoms with Crippen molar-refractivity contribution in [2.24, 2.45) is 0 Å². The molecule has 0 heterocycles. The molecule has 456 valence electrons. The van der Waals surface area contributed by atoms with E-state index in [1.807, 2.05) is 27.2 Å². The molecule has 0 aromatic heterocycles. The van der Waals surface area contributed by atoms with E-state index in [-0.39, 0.29) is 19.1 Å². The second-order valence-corrected chi connectivity index (χ2v) is 25.9. The van der Waals surface area contributed by atoms with E-state index in [2.05, 4.69) is 43.5 Å². The maximum atomic E-state index is 13.0. The number of nitrogens with one attached hydrogen (secondary N) is 1. The quantitative estimate of drug-likeness (QED) is 0.0272. The summed E-state index contributed by atoms with van der Waals surface area (Å²) in [7, 11) is 1.26. The molecule has 0 saturated heterocycles. The van der Waals surface area contributed by atoms with Gasteiger partial charge in [-0.1, -0.05) is 314 Å². The summed E-state index contributed by atoms with van der Waals surface area (Å²) in [5.41, 5.74) is 0. The van der Waals surface area contributed by atoms with Gasteiger partial charge in [0.1, 0.15) is 13.2 Å². The Morgan fingerprint density at radius 2 is 0.727 bits per heavy atom. The summed E-state index contributed by atoms with van der Waals surface area (Å²) in [5, 5.41) is 13.9. The molecule has 0 fully saturated rings. The fraction of sp³-hybridized carbons (Fsp3) is 0.897. The lowest BCUT2D eigenvalue weighted by Gasteiger charge is -2.29. The number of amides is 1. The molecule has 0 aliphatic heterocycles. The van der Waals surface area contributed by atoms with Crippen molar-refractivity contribution in [3.8, 4) is 0 Å². The third kappa shape index (κ3) is 62.2. The lowest BCUT2D eigenvalue weighted by atomic mass is 10.0. The van der Waals surface area contributed by atoms with Gasteiger partial charge in [-0.2, -0.15) is 0 Å². The molecule has 0 aromatic carbocycles. The van der Waals surface area contributed by atoms with E-state index in [0.717, 1.165) is 38.5 Å². The molecule has 0 saturated carbocycles. The van der Waals surface area contributed by atoms with Crippen LogP contribution in [0.15, 0.2) is 36.5 Å². The van der Waals surface area contributed by atoms with Crippen LogP contribution < -0.4 is 10.2 Å². The summed E-state index contributed by atoms with van der Waals surface area (Å²) < 4.78 is 23.4. The number of carbonyl (C=O) groups excluding carboxylic acids is 1. The Balaban J connectivity index is 4.11. The standard InChI is InChI=1S/C68H133N2O6P/c1-6-8-10-12-14-16-18-20-22-24-26-28-30-32-34-35-36-38-40-42-44-46-48-50-52-54-56-58-60-62-68(72)69-66(65-76-77(73,74)75-64-63-70(3,4)5)67(71)61-59-57-55-53-51-49-47-45-43-41-39-37-33-31-29-27-25-23-21-19-17-15-13-11-9-7-2/h24,26,51,53,59,61,66-67,71H,6-23,25,27-50,52,54-58,60,62-65H2,1-5H3,(H-,69,72,73,74)/b26-24-,53-51+,61-59+. The topological polar surface area (TPSA) is 108 Å². The Kier molecular flexibility index (Phi) is 58.4. The van der Waals surface area contributed by atoms with Gasteiger partial charge in [0, 0.05) is 6.42 Å². The third-order valence-electron chi connectivity index (χ3n) is 15.6. The molecule has 8 nitrogen and oxygen atoms in total. The van der Waals surface area contributed by atoms with Gasteiger partial charge in [-0.05, 0) is 57.8 Å². The fourth-order valence-electron chi connectivity index (χ4n) is 10.3. The highest BCUT2D eigenvalue weighted by Gasteiger charge is 2.23. The zero-order valence-electron chi connectivity index (χ0n) is 52.2. The Morgan fingerprint density at radius 1 is 0.442 bits per heavy atom. The smallest absolute Gasteiger partial charge is 0.268 e. The molecule has 77 heavy (non-hydrogen) atoms. The number of hydrogen-bond donors (Lipinski definition) is 2. The molecule has 0 bridgehead atoms.